The van der Waals surface area contributed by atoms with E-state index in [0.29, 0.717) is 6.61 Å². The molecule has 0 aromatic rings. The van der Waals surface area contributed by atoms with E-state index in [-0.39, 0.29) is 24.7 Å². The number of thioether (sulfide) groups is 1. The van der Waals surface area contributed by atoms with E-state index in [4.69, 9.17) is 9.84 Å². The summed E-state index contributed by atoms with van der Waals surface area (Å²) in [7, 11) is 3.46. The van der Waals surface area contributed by atoms with Crippen molar-refractivity contribution in [2.45, 2.75) is 18.5 Å². The normalized spacial score (nSPS) is 30.3. The van der Waals surface area contributed by atoms with Gasteiger partial charge in [-0.15, -0.1) is 0 Å². The average molecular weight is 288 g/mol. The molecule has 3 unspecified atom stereocenters. The van der Waals surface area contributed by atoms with Crippen molar-refractivity contribution in [1.82, 2.24) is 9.80 Å². The molecule has 19 heavy (non-hydrogen) atoms. The highest BCUT2D eigenvalue weighted by molar-refractivity contribution is 7.99. The molecule has 2 rings (SSSR count). The summed E-state index contributed by atoms with van der Waals surface area (Å²) in [6.07, 6.45) is 1.00. The summed E-state index contributed by atoms with van der Waals surface area (Å²) < 4.78 is 5.21. The third-order valence-corrected chi connectivity index (χ3v) is 5.07. The molecule has 6 nitrogen and oxygen atoms in total. The van der Waals surface area contributed by atoms with Gasteiger partial charge >= 0.3 is 12.0 Å². The molecule has 3 atom stereocenters. The van der Waals surface area contributed by atoms with Gasteiger partial charge in [0.05, 0.1) is 19.3 Å². The SMILES string of the molecule is CN(C(=O)N(C)C1COCC1C(=O)O)C1CCSC1. The smallest absolute Gasteiger partial charge is 0.320 e. The molecule has 2 aliphatic rings. The number of ether oxygens (including phenoxy) is 1. The van der Waals surface area contributed by atoms with E-state index in [1.54, 1.807) is 19.0 Å². The standard InChI is InChI=1S/C12H20N2O4S/c1-13(8-3-4-19-7-8)12(17)14(2)10-6-18-5-9(10)11(15)16/h8-10H,3-7H2,1-2H3,(H,15,16). The van der Waals surface area contributed by atoms with Crippen LogP contribution in [0, 0.1) is 5.92 Å². The largest absolute Gasteiger partial charge is 0.481 e. The predicted molar refractivity (Wildman–Crippen MR) is 72.4 cm³/mol. The molecule has 0 spiro atoms. The summed E-state index contributed by atoms with van der Waals surface area (Å²) in [6, 6.07) is -0.235. The van der Waals surface area contributed by atoms with Crippen molar-refractivity contribution in [3.8, 4) is 0 Å². The van der Waals surface area contributed by atoms with Gasteiger partial charge in [-0.2, -0.15) is 11.8 Å². The summed E-state index contributed by atoms with van der Waals surface area (Å²) in [5.41, 5.74) is 0. The molecule has 0 aliphatic carbocycles. The fourth-order valence-electron chi connectivity index (χ4n) is 2.53. The molecule has 0 aromatic carbocycles. The molecule has 108 valence electrons. The van der Waals surface area contributed by atoms with E-state index in [1.165, 1.54) is 4.90 Å². The van der Waals surface area contributed by atoms with E-state index < -0.39 is 11.9 Å². The number of carbonyl (C=O) groups excluding carboxylic acids is 1. The van der Waals surface area contributed by atoms with Crippen LogP contribution in [0.15, 0.2) is 0 Å². The topological polar surface area (TPSA) is 70.1 Å². The number of carboxylic acids is 1. The zero-order chi connectivity index (χ0) is 14.0. The van der Waals surface area contributed by atoms with Crippen molar-refractivity contribution in [1.29, 1.82) is 0 Å². The minimum absolute atomic E-state index is 0.116. The molecule has 2 aliphatic heterocycles. The van der Waals surface area contributed by atoms with Crippen LogP contribution in [0.4, 0.5) is 4.79 Å². The van der Waals surface area contributed by atoms with Gasteiger partial charge in [-0.3, -0.25) is 4.79 Å². The maximum absolute atomic E-state index is 12.4. The minimum atomic E-state index is -0.902. The third-order valence-electron chi connectivity index (χ3n) is 3.92. The second kappa shape index (κ2) is 6.00. The van der Waals surface area contributed by atoms with Crippen molar-refractivity contribution < 1.29 is 19.4 Å². The van der Waals surface area contributed by atoms with Gasteiger partial charge in [-0.1, -0.05) is 0 Å². The van der Waals surface area contributed by atoms with Crippen molar-refractivity contribution in [2.24, 2.45) is 5.92 Å². The van der Waals surface area contributed by atoms with E-state index in [1.807, 2.05) is 11.8 Å². The Morgan fingerprint density at radius 1 is 1.26 bits per heavy atom. The Hall–Kier alpha value is -0.950. The van der Waals surface area contributed by atoms with E-state index >= 15 is 0 Å². The first-order valence-electron chi connectivity index (χ1n) is 6.40. The minimum Gasteiger partial charge on any atom is -0.481 e. The highest BCUT2D eigenvalue weighted by Crippen LogP contribution is 2.24. The third kappa shape index (κ3) is 2.97. The van der Waals surface area contributed by atoms with E-state index in [9.17, 15) is 9.59 Å². The molecule has 2 heterocycles. The number of aliphatic carboxylic acids is 1. The molecule has 0 bridgehead atoms. The first kappa shape index (κ1) is 14.5. The Balaban J connectivity index is 1.99. The number of carbonyl (C=O) groups is 2. The van der Waals surface area contributed by atoms with Gasteiger partial charge in [-0.05, 0) is 12.2 Å². The zero-order valence-corrected chi connectivity index (χ0v) is 12.1. The maximum atomic E-state index is 12.4. The summed E-state index contributed by atoms with van der Waals surface area (Å²) >= 11 is 1.85. The van der Waals surface area contributed by atoms with Crippen LogP contribution < -0.4 is 0 Å². The number of urea groups is 1. The first-order chi connectivity index (χ1) is 9.02. The second-order valence-corrected chi connectivity index (χ2v) is 6.22. The van der Waals surface area contributed by atoms with Gasteiger partial charge < -0.3 is 19.6 Å². The molecule has 0 saturated carbocycles. The molecule has 2 amide bonds. The molecule has 0 aromatic heterocycles. The van der Waals surface area contributed by atoms with Crippen molar-refractivity contribution in [3.05, 3.63) is 0 Å². The number of amides is 2. The summed E-state index contributed by atoms with van der Waals surface area (Å²) in [5.74, 6) is 0.511. The van der Waals surface area contributed by atoms with Gasteiger partial charge in [0.15, 0.2) is 0 Å². The number of nitrogens with zero attached hydrogens (tertiary/aromatic N) is 2. The number of hydrogen-bond acceptors (Lipinski definition) is 4. The monoisotopic (exact) mass is 288 g/mol. The highest BCUT2D eigenvalue weighted by atomic mass is 32.2. The molecule has 7 heteroatoms. The second-order valence-electron chi connectivity index (χ2n) is 5.07. The first-order valence-corrected chi connectivity index (χ1v) is 7.55. The molecular weight excluding hydrogens is 268 g/mol. The van der Waals surface area contributed by atoms with Crippen LogP contribution in [0.25, 0.3) is 0 Å². The number of hydrogen-bond donors (Lipinski definition) is 1. The van der Waals surface area contributed by atoms with Gasteiger partial charge in [0.2, 0.25) is 0 Å². The van der Waals surface area contributed by atoms with Crippen LogP contribution >= 0.6 is 11.8 Å². The maximum Gasteiger partial charge on any atom is 0.320 e. The van der Waals surface area contributed by atoms with Crippen molar-refractivity contribution >= 4 is 23.8 Å². The highest BCUT2D eigenvalue weighted by Gasteiger charge is 2.40. The Bertz CT molecular complexity index is 360. The van der Waals surface area contributed by atoms with Crippen LogP contribution in [0.2, 0.25) is 0 Å². The summed E-state index contributed by atoms with van der Waals surface area (Å²) in [6.45, 7) is 0.479. The molecular formula is C12H20N2O4S. The fourth-order valence-corrected chi connectivity index (χ4v) is 3.80. The Morgan fingerprint density at radius 2 is 2.00 bits per heavy atom. The zero-order valence-electron chi connectivity index (χ0n) is 11.2. The predicted octanol–water partition coefficient (Wildman–Crippen LogP) is 0.575. The number of rotatable bonds is 3. The quantitative estimate of drug-likeness (QED) is 0.822. The van der Waals surface area contributed by atoms with Crippen LogP contribution in [-0.2, 0) is 9.53 Å². The van der Waals surface area contributed by atoms with Crippen LogP contribution in [0.5, 0.6) is 0 Å². The van der Waals surface area contributed by atoms with Crippen molar-refractivity contribution in [3.63, 3.8) is 0 Å². The number of likely N-dealkylation sites (N-methyl/N-ethyl adjacent to an activating group) is 1. The fraction of sp³-hybridized carbons (Fsp3) is 0.833. The molecule has 1 N–H and O–H groups in total. The average Bonchev–Trinajstić information content (AvgIpc) is 3.06. The van der Waals surface area contributed by atoms with E-state index in [0.717, 1.165) is 17.9 Å². The van der Waals surface area contributed by atoms with Crippen molar-refractivity contribution in [2.75, 3.05) is 38.8 Å². The Labute approximate surface area is 117 Å². The Morgan fingerprint density at radius 3 is 2.58 bits per heavy atom. The van der Waals surface area contributed by atoms with Gasteiger partial charge in [0, 0.05) is 25.9 Å². The lowest BCUT2D eigenvalue weighted by Crippen LogP contribution is -2.51. The van der Waals surface area contributed by atoms with Gasteiger partial charge in [0.25, 0.3) is 0 Å². The van der Waals surface area contributed by atoms with Crippen LogP contribution in [-0.4, -0.2) is 77.8 Å². The molecule has 0 radical (unpaired) electrons. The molecule has 2 fully saturated rings. The lowest BCUT2D eigenvalue weighted by molar-refractivity contribution is -0.142. The summed E-state index contributed by atoms with van der Waals surface area (Å²) in [4.78, 5) is 26.8. The van der Waals surface area contributed by atoms with Crippen LogP contribution in [0.3, 0.4) is 0 Å². The lowest BCUT2D eigenvalue weighted by atomic mass is 10.0. The summed E-state index contributed by atoms with van der Waals surface area (Å²) in [5, 5.41) is 9.13. The van der Waals surface area contributed by atoms with Gasteiger partial charge in [0.1, 0.15) is 5.92 Å². The van der Waals surface area contributed by atoms with E-state index in [2.05, 4.69) is 0 Å². The lowest BCUT2D eigenvalue weighted by Gasteiger charge is -2.33. The van der Waals surface area contributed by atoms with Crippen LogP contribution in [0.1, 0.15) is 6.42 Å². The van der Waals surface area contributed by atoms with Gasteiger partial charge in [-0.25, -0.2) is 4.79 Å². The Kier molecular flexibility index (Phi) is 4.57. The number of carboxylic acid groups (broad SMARTS) is 1. The molecule has 2 saturated heterocycles.